The minimum absolute atomic E-state index is 0.0660. The lowest BCUT2D eigenvalue weighted by Crippen LogP contribution is -2.50. The van der Waals surface area contributed by atoms with E-state index in [1.54, 1.807) is 31.2 Å². The zero-order chi connectivity index (χ0) is 24.1. The van der Waals surface area contributed by atoms with Gasteiger partial charge in [0, 0.05) is 18.6 Å². The molecule has 2 amide bonds. The SMILES string of the molecule is CNC(=O)C(C)N(Cc1cccc(OC)c1)C(=O)CN(c1ccc(Cl)cc1Cl)S(C)(=O)=O. The third kappa shape index (κ3) is 6.51. The third-order valence-corrected chi connectivity index (χ3v) is 6.42. The highest BCUT2D eigenvalue weighted by molar-refractivity contribution is 7.92. The van der Waals surface area contributed by atoms with Crippen molar-refractivity contribution in [2.24, 2.45) is 0 Å². The van der Waals surface area contributed by atoms with Crippen LogP contribution in [0.1, 0.15) is 12.5 Å². The monoisotopic (exact) mass is 501 g/mol. The molecule has 0 aliphatic carbocycles. The van der Waals surface area contributed by atoms with Gasteiger partial charge in [0.2, 0.25) is 21.8 Å². The number of rotatable bonds is 9. The molecule has 32 heavy (non-hydrogen) atoms. The van der Waals surface area contributed by atoms with Crippen LogP contribution in [0, 0.1) is 0 Å². The largest absolute Gasteiger partial charge is 0.497 e. The summed E-state index contributed by atoms with van der Waals surface area (Å²) in [5.41, 5.74) is 0.824. The van der Waals surface area contributed by atoms with Crippen LogP contribution in [0.15, 0.2) is 42.5 Å². The number of halogens is 2. The zero-order valence-corrected chi connectivity index (χ0v) is 20.5. The molecule has 0 aromatic heterocycles. The van der Waals surface area contributed by atoms with Crippen LogP contribution in [0.4, 0.5) is 5.69 Å². The van der Waals surface area contributed by atoms with Crippen LogP contribution in [0.2, 0.25) is 10.0 Å². The van der Waals surface area contributed by atoms with E-state index in [0.717, 1.165) is 10.6 Å². The summed E-state index contributed by atoms with van der Waals surface area (Å²) in [5.74, 6) is -0.384. The number of carbonyl (C=O) groups excluding carboxylic acids is 2. The number of nitrogens with zero attached hydrogens (tertiary/aromatic N) is 2. The van der Waals surface area contributed by atoms with E-state index in [2.05, 4.69) is 5.32 Å². The number of hydrogen-bond acceptors (Lipinski definition) is 5. The fraction of sp³-hybridized carbons (Fsp3) is 0.333. The molecule has 0 bridgehead atoms. The number of nitrogens with one attached hydrogen (secondary N) is 1. The lowest BCUT2D eigenvalue weighted by atomic mass is 10.1. The predicted octanol–water partition coefficient (Wildman–Crippen LogP) is 2.93. The maximum absolute atomic E-state index is 13.3. The van der Waals surface area contributed by atoms with Crippen molar-refractivity contribution >= 4 is 50.7 Å². The van der Waals surface area contributed by atoms with Crippen molar-refractivity contribution in [2.75, 3.05) is 31.3 Å². The van der Waals surface area contributed by atoms with Gasteiger partial charge in [-0.1, -0.05) is 35.3 Å². The number of sulfonamides is 1. The van der Waals surface area contributed by atoms with E-state index >= 15 is 0 Å². The fourth-order valence-corrected chi connectivity index (χ4v) is 4.46. The van der Waals surface area contributed by atoms with Crippen molar-refractivity contribution < 1.29 is 22.7 Å². The van der Waals surface area contributed by atoms with E-state index in [4.69, 9.17) is 27.9 Å². The smallest absolute Gasteiger partial charge is 0.244 e. The Morgan fingerprint density at radius 2 is 1.84 bits per heavy atom. The number of anilines is 1. The summed E-state index contributed by atoms with van der Waals surface area (Å²) >= 11 is 12.1. The number of likely N-dealkylation sites (N-methyl/N-ethyl adjacent to an activating group) is 1. The first kappa shape index (κ1) is 25.8. The van der Waals surface area contributed by atoms with Crippen LogP contribution in [0.3, 0.4) is 0 Å². The number of methoxy groups -OCH3 is 1. The van der Waals surface area contributed by atoms with E-state index < -0.39 is 34.4 Å². The van der Waals surface area contributed by atoms with E-state index in [1.807, 2.05) is 0 Å². The van der Waals surface area contributed by atoms with Crippen molar-refractivity contribution in [3.05, 3.63) is 58.1 Å². The van der Waals surface area contributed by atoms with Crippen molar-refractivity contribution in [3.63, 3.8) is 0 Å². The average Bonchev–Trinajstić information content (AvgIpc) is 2.74. The Hall–Kier alpha value is -2.49. The Balaban J connectivity index is 2.42. The summed E-state index contributed by atoms with van der Waals surface area (Å²) in [5, 5.41) is 2.92. The standard InChI is InChI=1S/C21H25Cl2N3O5S/c1-14(21(28)24-2)25(12-15-6-5-7-17(10-15)31-3)20(27)13-26(32(4,29)30)19-9-8-16(22)11-18(19)23/h5-11,14H,12-13H2,1-4H3,(H,24,28). The molecular weight excluding hydrogens is 477 g/mol. The van der Waals surface area contributed by atoms with E-state index in [1.165, 1.54) is 37.3 Å². The van der Waals surface area contributed by atoms with Crippen molar-refractivity contribution in [1.82, 2.24) is 10.2 Å². The Morgan fingerprint density at radius 3 is 2.41 bits per heavy atom. The lowest BCUT2D eigenvalue weighted by molar-refractivity contribution is -0.139. The molecule has 1 N–H and O–H groups in total. The van der Waals surface area contributed by atoms with Gasteiger partial charge in [-0.2, -0.15) is 0 Å². The molecule has 8 nitrogen and oxygen atoms in total. The highest BCUT2D eigenvalue weighted by Crippen LogP contribution is 2.30. The van der Waals surface area contributed by atoms with Gasteiger partial charge in [0.25, 0.3) is 0 Å². The van der Waals surface area contributed by atoms with Crippen molar-refractivity contribution in [1.29, 1.82) is 0 Å². The van der Waals surface area contributed by atoms with Crippen LogP contribution >= 0.6 is 23.2 Å². The van der Waals surface area contributed by atoms with Gasteiger partial charge in [-0.15, -0.1) is 0 Å². The Labute approximate surface area is 198 Å². The topological polar surface area (TPSA) is 96.0 Å². The first-order chi connectivity index (χ1) is 15.0. The second-order valence-corrected chi connectivity index (χ2v) is 9.78. The number of ether oxygens (including phenoxy) is 1. The molecule has 1 unspecified atom stereocenters. The minimum atomic E-state index is -3.88. The molecule has 0 saturated heterocycles. The molecule has 1 atom stereocenters. The predicted molar refractivity (Wildman–Crippen MR) is 126 cm³/mol. The summed E-state index contributed by atoms with van der Waals surface area (Å²) in [7, 11) is -0.895. The molecule has 0 aliphatic rings. The molecule has 174 valence electrons. The summed E-state index contributed by atoms with van der Waals surface area (Å²) in [6, 6.07) is 10.5. The first-order valence-electron chi connectivity index (χ1n) is 9.54. The second-order valence-electron chi connectivity index (χ2n) is 7.03. The van der Waals surface area contributed by atoms with Gasteiger partial charge in [0.1, 0.15) is 18.3 Å². The van der Waals surface area contributed by atoms with Crippen LogP contribution in [0.5, 0.6) is 5.75 Å². The van der Waals surface area contributed by atoms with Gasteiger partial charge in [0.05, 0.1) is 24.1 Å². The van der Waals surface area contributed by atoms with Crippen LogP contribution in [-0.2, 0) is 26.2 Å². The molecule has 2 rings (SSSR count). The Bertz CT molecular complexity index is 1090. The molecule has 0 fully saturated rings. The van der Waals surface area contributed by atoms with Crippen molar-refractivity contribution in [2.45, 2.75) is 19.5 Å². The maximum Gasteiger partial charge on any atom is 0.244 e. The zero-order valence-electron chi connectivity index (χ0n) is 18.1. The molecule has 0 aliphatic heterocycles. The van der Waals surface area contributed by atoms with Crippen molar-refractivity contribution in [3.8, 4) is 5.75 Å². The third-order valence-electron chi connectivity index (χ3n) is 4.76. The number of benzene rings is 2. The van der Waals surface area contributed by atoms with Gasteiger partial charge in [-0.05, 0) is 42.8 Å². The summed E-state index contributed by atoms with van der Waals surface area (Å²) in [4.78, 5) is 26.9. The molecule has 0 spiro atoms. The van der Waals surface area contributed by atoms with E-state index in [0.29, 0.717) is 16.3 Å². The fourth-order valence-electron chi connectivity index (χ4n) is 3.04. The molecular formula is C21H25Cl2N3O5S. The molecule has 0 radical (unpaired) electrons. The van der Waals surface area contributed by atoms with Gasteiger partial charge >= 0.3 is 0 Å². The van der Waals surface area contributed by atoms with Crippen LogP contribution < -0.4 is 14.4 Å². The highest BCUT2D eigenvalue weighted by atomic mass is 35.5. The second kappa shape index (κ2) is 10.9. The Morgan fingerprint density at radius 1 is 1.16 bits per heavy atom. The number of hydrogen-bond donors (Lipinski definition) is 1. The van der Waals surface area contributed by atoms with Gasteiger partial charge in [-0.3, -0.25) is 13.9 Å². The molecule has 11 heteroatoms. The normalized spacial score (nSPS) is 12.1. The quantitative estimate of drug-likeness (QED) is 0.569. The summed E-state index contributed by atoms with van der Waals surface area (Å²) in [6.07, 6.45) is 0.972. The molecule has 2 aromatic rings. The Kier molecular flexibility index (Phi) is 8.77. The number of carbonyl (C=O) groups is 2. The maximum atomic E-state index is 13.3. The van der Waals surface area contributed by atoms with Gasteiger partial charge in [-0.25, -0.2) is 8.42 Å². The van der Waals surface area contributed by atoms with Gasteiger partial charge < -0.3 is 15.0 Å². The average molecular weight is 502 g/mol. The molecule has 0 saturated carbocycles. The summed E-state index contributed by atoms with van der Waals surface area (Å²) < 4.78 is 31.1. The highest BCUT2D eigenvalue weighted by Gasteiger charge is 2.30. The number of amides is 2. The van der Waals surface area contributed by atoms with E-state index in [9.17, 15) is 18.0 Å². The minimum Gasteiger partial charge on any atom is -0.497 e. The molecule has 2 aromatic carbocycles. The van der Waals surface area contributed by atoms with Gasteiger partial charge in [0.15, 0.2) is 0 Å². The first-order valence-corrected chi connectivity index (χ1v) is 12.1. The molecule has 0 heterocycles. The lowest BCUT2D eigenvalue weighted by Gasteiger charge is -2.31. The van der Waals surface area contributed by atoms with E-state index in [-0.39, 0.29) is 17.3 Å². The summed E-state index contributed by atoms with van der Waals surface area (Å²) in [6.45, 7) is 1.08. The van der Waals surface area contributed by atoms with Crippen LogP contribution in [0.25, 0.3) is 0 Å². The van der Waals surface area contributed by atoms with Crippen LogP contribution in [-0.4, -0.2) is 58.1 Å².